The van der Waals surface area contributed by atoms with Crippen LogP contribution in [0.2, 0.25) is 0 Å². The van der Waals surface area contributed by atoms with Gasteiger partial charge in [-0.2, -0.15) is 5.10 Å². The second kappa shape index (κ2) is 5.31. The lowest BCUT2D eigenvalue weighted by molar-refractivity contribution is 0.210. The molecule has 1 saturated carbocycles. The summed E-state index contributed by atoms with van der Waals surface area (Å²) in [6.07, 6.45) is 7.90. The zero-order valence-electron chi connectivity index (χ0n) is 12.3. The molecular formula is C17H23N3. The molecule has 1 aliphatic carbocycles. The van der Waals surface area contributed by atoms with E-state index in [0.29, 0.717) is 6.04 Å². The second-order valence-corrected chi connectivity index (χ2v) is 6.37. The van der Waals surface area contributed by atoms with Crippen molar-refractivity contribution in [3.05, 3.63) is 36.7 Å². The largest absolute Gasteiger partial charge is 0.398 e. The first-order chi connectivity index (χ1) is 9.63. The van der Waals surface area contributed by atoms with Gasteiger partial charge in [0.1, 0.15) is 0 Å². The van der Waals surface area contributed by atoms with Gasteiger partial charge in [-0.1, -0.05) is 32.0 Å². The van der Waals surface area contributed by atoms with Crippen LogP contribution < -0.4 is 5.73 Å². The van der Waals surface area contributed by atoms with Crippen molar-refractivity contribution < 1.29 is 0 Å². The third-order valence-corrected chi connectivity index (χ3v) is 4.40. The molecule has 1 aliphatic rings. The van der Waals surface area contributed by atoms with E-state index in [0.717, 1.165) is 28.7 Å². The summed E-state index contributed by atoms with van der Waals surface area (Å²) in [7, 11) is 0. The summed E-state index contributed by atoms with van der Waals surface area (Å²) < 4.78 is 2.15. The number of hydrogen-bond acceptors (Lipinski definition) is 2. The highest BCUT2D eigenvalue weighted by molar-refractivity contribution is 5.75. The molecule has 2 atom stereocenters. The van der Waals surface area contributed by atoms with Crippen molar-refractivity contribution in [2.45, 2.75) is 39.2 Å². The number of nitrogens with zero attached hydrogens (tertiary/aromatic N) is 2. The topological polar surface area (TPSA) is 43.8 Å². The molecule has 1 aromatic carbocycles. The maximum Gasteiger partial charge on any atom is 0.0569 e. The molecule has 0 spiro atoms. The van der Waals surface area contributed by atoms with Crippen LogP contribution in [0, 0.1) is 11.8 Å². The summed E-state index contributed by atoms with van der Waals surface area (Å²) in [4.78, 5) is 0. The maximum absolute atomic E-state index is 6.05. The van der Waals surface area contributed by atoms with Crippen molar-refractivity contribution in [3.8, 4) is 11.1 Å². The van der Waals surface area contributed by atoms with E-state index < -0.39 is 0 Å². The van der Waals surface area contributed by atoms with Crippen LogP contribution in [0.1, 0.15) is 39.2 Å². The van der Waals surface area contributed by atoms with Crippen molar-refractivity contribution in [1.29, 1.82) is 0 Å². The third kappa shape index (κ3) is 2.58. The minimum Gasteiger partial charge on any atom is -0.398 e. The molecule has 106 valence electrons. The number of anilines is 1. The predicted octanol–water partition coefficient (Wildman–Crippen LogP) is 4.13. The zero-order valence-corrected chi connectivity index (χ0v) is 12.3. The van der Waals surface area contributed by atoms with E-state index in [4.69, 9.17) is 5.73 Å². The molecule has 1 fully saturated rings. The van der Waals surface area contributed by atoms with Crippen LogP contribution >= 0.6 is 0 Å². The third-order valence-electron chi connectivity index (χ3n) is 4.40. The van der Waals surface area contributed by atoms with Crippen molar-refractivity contribution in [2.24, 2.45) is 11.8 Å². The fraction of sp³-hybridized carbons (Fsp3) is 0.471. The molecule has 20 heavy (non-hydrogen) atoms. The van der Waals surface area contributed by atoms with Gasteiger partial charge < -0.3 is 5.73 Å². The monoisotopic (exact) mass is 269 g/mol. The van der Waals surface area contributed by atoms with Crippen LogP contribution in [0.3, 0.4) is 0 Å². The lowest BCUT2D eigenvalue weighted by atomic mass is 9.80. The first-order valence-corrected chi connectivity index (χ1v) is 7.52. The summed E-state index contributed by atoms with van der Waals surface area (Å²) in [5, 5.41) is 4.59. The number of aromatic nitrogens is 2. The Balaban J connectivity index is 1.85. The molecule has 2 N–H and O–H groups in total. The Bertz CT molecular complexity index is 577. The fourth-order valence-corrected chi connectivity index (χ4v) is 3.56. The number of benzene rings is 1. The highest BCUT2D eigenvalue weighted by Gasteiger charge is 2.25. The van der Waals surface area contributed by atoms with Gasteiger partial charge in [0.25, 0.3) is 0 Å². The Labute approximate surface area is 120 Å². The van der Waals surface area contributed by atoms with E-state index in [1.165, 1.54) is 19.3 Å². The fourth-order valence-electron chi connectivity index (χ4n) is 3.56. The van der Waals surface area contributed by atoms with Gasteiger partial charge in [-0.25, -0.2) is 0 Å². The number of para-hydroxylation sites is 1. The Hall–Kier alpha value is -1.77. The second-order valence-electron chi connectivity index (χ2n) is 6.37. The molecule has 3 heteroatoms. The summed E-state index contributed by atoms with van der Waals surface area (Å²) in [6.45, 7) is 4.70. The maximum atomic E-state index is 6.05. The van der Waals surface area contributed by atoms with Crippen molar-refractivity contribution in [2.75, 3.05) is 5.73 Å². The van der Waals surface area contributed by atoms with Crippen molar-refractivity contribution in [1.82, 2.24) is 9.78 Å². The molecule has 0 saturated heterocycles. The average Bonchev–Trinajstić information content (AvgIpc) is 2.87. The van der Waals surface area contributed by atoms with Crippen LogP contribution in [0.5, 0.6) is 0 Å². The molecule has 3 nitrogen and oxygen atoms in total. The number of hydrogen-bond donors (Lipinski definition) is 1. The highest BCUT2D eigenvalue weighted by atomic mass is 15.3. The summed E-state index contributed by atoms with van der Waals surface area (Å²) >= 11 is 0. The standard InChI is InChI=1S/C17H23N3/c1-12-7-13(2)9-15(8-12)20-11-14(10-19-20)16-5-3-4-6-17(16)18/h3-6,10-13,15H,7-9,18H2,1-2H3. The normalized spacial score (nSPS) is 26.6. The quantitative estimate of drug-likeness (QED) is 0.833. The molecule has 0 radical (unpaired) electrons. The van der Waals surface area contributed by atoms with Crippen LogP contribution in [-0.4, -0.2) is 9.78 Å². The van der Waals surface area contributed by atoms with E-state index in [1.54, 1.807) is 0 Å². The minimum absolute atomic E-state index is 0.535. The molecule has 1 aromatic heterocycles. The Morgan fingerprint density at radius 1 is 1.10 bits per heavy atom. The number of rotatable bonds is 2. The smallest absolute Gasteiger partial charge is 0.0569 e. The zero-order chi connectivity index (χ0) is 14.1. The van der Waals surface area contributed by atoms with Gasteiger partial charge in [0.15, 0.2) is 0 Å². The minimum atomic E-state index is 0.535. The van der Waals surface area contributed by atoms with Gasteiger partial charge in [-0.3, -0.25) is 4.68 Å². The lowest BCUT2D eigenvalue weighted by Gasteiger charge is -2.31. The van der Waals surface area contributed by atoms with E-state index >= 15 is 0 Å². The van der Waals surface area contributed by atoms with E-state index in [1.807, 2.05) is 24.4 Å². The van der Waals surface area contributed by atoms with Gasteiger partial charge in [0.2, 0.25) is 0 Å². The van der Waals surface area contributed by atoms with Crippen LogP contribution in [0.15, 0.2) is 36.7 Å². The average molecular weight is 269 g/mol. The van der Waals surface area contributed by atoms with E-state index in [-0.39, 0.29) is 0 Å². The van der Waals surface area contributed by atoms with Crippen molar-refractivity contribution >= 4 is 5.69 Å². The highest BCUT2D eigenvalue weighted by Crippen LogP contribution is 2.36. The SMILES string of the molecule is CC1CC(C)CC(n2cc(-c3ccccc3N)cn2)C1. The Morgan fingerprint density at radius 3 is 2.50 bits per heavy atom. The summed E-state index contributed by atoms with van der Waals surface area (Å²) in [6, 6.07) is 8.52. The first-order valence-electron chi connectivity index (χ1n) is 7.52. The molecular weight excluding hydrogens is 246 g/mol. The predicted molar refractivity (Wildman–Crippen MR) is 83.3 cm³/mol. The molecule has 2 unspecified atom stereocenters. The Morgan fingerprint density at radius 2 is 1.80 bits per heavy atom. The van der Waals surface area contributed by atoms with Gasteiger partial charge in [-0.05, 0) is 37.2 Å². The van der Waals surface area contributed by atoms with Crippen molar-refractivity contribution in [3.63, 3.8) is 0 Å². The van der Waals surface area contributed by atoms with Crippen LogP contribution in [-0.2, 0) is 0 Å². The lowest BCUT2D eigenvalue weighted by Crippen LogP contribution is -2.22. The van der Waals surface area contributed by atoms with Crippen LogP contribution in [0.4, 0.5) is 5.69 Å². The molecule has 3 rings (SSSR count). The Kier molecular flexibility index (Phi) is 3.51. The van der Waals surface area contributed by atoms with Gasteiger partial charge in [-0.15, -0.1) is 0 Å². The van der Waals surface area contributed by atoms with E-state index in [2.05, 4.69) is 35.9 Å². The molecule has 0 amide bonds. The van der Waals surface area contributed by atoms with Crippen LogP contribution in [0.25, 0.3) is 11.1 Å². The molecule has 0 aliphatic heterocycles. The van der Waals surface area contributed by atoms with Gasteiger partial charge in [0, 0.05) is 23.0 Å². The molecule has 0 bridgehead atoms. The number of nitrogen functional groups attached to an aromatic ring is 1. The first kappa shape index (κ1) is 13.2. The molecule has 2 aromatic rings. The summed E-state index contributed by atoms with van der Waals surface area (Å²) in [5.74, 6) is 1.58. The van der Waals surface area contributed by atoms with Gasteiger partial charge in [0.05, 0.1) is 12.2 Å². The number of nitrogens with two attached hydrogens (primary N) is 1. The van der Waals surface area contributed by atoms with Gasteiger partial charge >= 0.3 is 0 Å². The van der Waals surface area contributed by atoms with E-state index in [9.17, 15) is 0 Å². The summed E-state index contributed by atoms with van der Waals surface area (Å²) in [5.41, 5.74) is 9.06. The molecule has 1 heterocycles.